The minimum atomic E-state index is -0.840. The van der Waals surface area contributed by atoms with Gasteiger partial charge in [0.15, 0.2) is 6.10 Å². The second kappa shape index (κ2) is 5.46. The van der Waals surface area contributed by atoms with Crippen molar-refractivity contribution in [1.29, 1.82) is 0 Å². The maximum Gasteiger partial charge on any atom is 0.347 e. The van der Waals surface area contributed by atoms with Gasteiger partial charge in [-0.15, -0.1) is 0 Å². The molecule has 0 saturated heterocycles. The molecule has 0 aliphatic rings. The molecule has 0 bridgehead atoms. The quantitative estimate of drug-likeness (QED) is 0.327. The smallest absolute Gasteiger partial charge is 0.347 e. The lowest BCUT2D eigenvalue weighted by atomic mass is 10.4. The van der Waals surface area contributed by atoms with Crippen molar-refractivity contribution in [3.63, 3.8) is 0 Å². The van der Waals surface area contributed by atoms with Gasteiger partial charge >= 0.3 is 5.97 Å². The van der Waals surface area contributed by atoms with Crippen LogP contribution in [0, 0.1) is 0 Å². The van der Waals surface area contributed by atoms with Gasteiger partial charge in [-0.25, -0.2) is 4.79 Å². The molecule has 0 aromatic heterocycles. The molecular weight excluding hydrogens is 148 g/mol. The van der Waals surface area contributed by atoms with Gasteiger partial charge in [0.2, 0.25) is 0 Å². The Bertz CT molecular complexity index is 153. The Morgan fingerprint density at radius 3 is 2.82 bits per heavy atom. The summed E-state index contributed by atoms with van der Waals surface area (Å²) in [5, 5.41) is 0. The molecule has 1 unspecified atom stereocenters. The lowest BCUT2D eigenvalue weighted by molar-refractivity contribution is -0.159. The van der Waals surface area contributed by atoms with Crippen molar-refractivity contribution in [2.75, 3.05) is 6.61 Å². The Labute approximate surface area is 64.8 Å². The molecule has 0 saturated carbocycles. The number of rotatable bonds is 5. The van der Waals surface area contributed by atoms with Crippen LogP contribution in [0.15, 0.2) is 12.7 Å². The van der Waals surface area contributed by atoms with Crippen LogP contribution in [0.1, 0.15) is 6.92 Å². The fraction of sp³-hybridized carbons (Fsp3) is 0.429. The van der Waals surface area contributed by atoms with Crippen molar-refractivity contribution in [3.05, 3.63) is 12.7 Å². The molecule has 0 rings (SSSR count). The molecule has 0 aliphatic carbocycles. The van der Waals surface area contributed by atoms with Crippen LogP contribution >= 0.6 is 0 Å². The van der Waals surface area contributed by atoms with Gasteiger partial charge < -0.3 is 9.47 Å². The molecule has 0 aliphatic heterocycles. The van der Waals surface area contributed by atoms with E-state index in [0.29, 0.717) is 0 Å². The maximum absolute atomic E-state index is 10.7. The zero-order chi connectivity index (χ0) is 8.69. The van der Waals surface area contributed by atoms with Gasteiger partial charge in [-0.1, -0.05) is 12.7 Å². The summed E-state index contributed by atoms with van der Waals surface area (Å²) in [6.45, 7) is 5.12. The van der Waals surface area contributed by atoms with Crippen LogP contribution < -0.4 is 0 Å². The van der Waals surface area contributed by atoms with E-state index in [1.165, 1.54) is 13.0 Å². The van der Waals surface area contributed by atoms with E-state index < -0.39 is 12.1 Å². The average molecular weight is 158 g/mol. The fourth-order valence-electron chi connectivity index (χ4n) is 0.397. The molecule has 0 amide bonds. The minimum Gasteiger partial charge on any atom is -0.459 e. The number of carbonyl (C=O) groups is 2. The summed E-state index contributed by atoms with van der Waals surface area (Å²) in [6.07, 6.45) is 0.596. The van der Waals surface area contributed by atoms with Crippen LogP contribution in [0.5, 0.6) is 0 Å². The van der Waals surface area contributed by atoms with Crippen LogP contribution in [0.4, 0.5) is 0 Å². The highest BCUT2D eigenvalue weighted by atomic mass is 16.6. The molecule has 0 N–H and O–H groups in total. The zero-order valence-corrected chi connectivity index (χ0v) is 6.28. The Balaban J connectivity index is 3.62. The van der Waals surface area contributed by atoms with E-state index in [9.17, 15) is 9.59 Å². The summed E-state index contributed by atoms with van der Waals surface area (Å²) in [7, 11) is 0. The van der Waals surface area contributed by atoms with Crippen LogP contribution in [-0.4, -0.2) is 25.2 Å². The predicted molar refractivity (Wildman–Crippen MR) is 37.8 cm³/mol. The van der Waals surface area contributed by atoms with Gasteiger partial charge in [0.25, 0.3) is 6.47 Å². The van der Waals surface area contributed by atoms with Crippen LogP contribution in [0.2, 0.25) is 0 Å². The third-order valence-electron chi connectivity index (χ3n) is 0.935. The van der Waals surface area contributed by atoms with Crippen molar-refractivity contribution in [2.24, 2.45) is 0 Å². The van der Waals surface area contributed by atoms with Gasteiger partial charge in [-0.05, 0) is 6.92 Å². The summed E-state index contributed by atoms with van der Waals surface area (Å²) < 4.78 is 8.88. The van der Waals surface area contributed by atoms with E-state index in [0.717, 1.165) is 0 Å². The maximum atomic E-state index is 10.7. The van der Waals surface area contributed by atoms with E-state index in [-0.39, 0.29) is 13.1 Å². The number of esters is 1. The SMILES string of the molecule is C=CCOC(=O)C(C)OC=O. The van der Waals surface area contributed by atoms with Crippen molar-refractivity contribution in [2.45, 2.75) is 13.0 Å². The Morgan fingerprint density at radius 2 is 2.36 bits per heavy atom. The first-order valence-corrected chi connectivity index (χ1v) is 3.09. The van der Waals surface area contributed by atoms with Crippen molar-refractivity contribution >= 4 is 12.4 Å². The van der Waals surface area contributed by atoms with Gasteiger partial charge in [0.05, 0.1) is 0 Å². The fourth-order valence-corrected chi connectivity index (χ4v) is 0.397. The Kier molecular flexibility index (Phi) is 4.81. The molecule has 1 atom stereocenters. The largest absolute Gasteiger partial charge is 0.459 e. The van der Waals surface area contributed by atoms with E-state index in [4.69, 9.17) is 0 Å². The number of hydrogen-bond acceptors (Lipinski definition) is 4. The monoisotopic (exact) mass is 158 g/mol. The molecule has 0 radical (unpaired) electrons. The highest BCUT2D eigenvalue weighted by molar-refractivity contribution is 5.75. The van der Waals surface area contributed by atoms with E-state index in [1.807, 2.05) is 0 Å². The summed E-state index contributed by atoms with van der Waals surface area (Å²) in [6, 6.07) is 0. The first-order chi connectivity index (χ1) is 5.22. The predicted octanol–water partition coefficient (Wildman–Crippen LogP) is 0.277. The number of hydrogen-bond donors (Lipinski definition) is 0. The molecule has 0 spiro atoms. The lowest BCUT2D eigenvalue weighted by Crippen LogP contribution is -2.22. The normalized spacial score (nSPS) is 11.4. The summed E-state index contributed by atoms with van der Waals surface area (Å²) >= 11 is 0. The first-order valence-electron chi connectivity index (χ1n) is 3.09. The highest BCUT2D eigenvalue weighted by Gasteiger charge is 2.13. The molecule has 4 heteroatoms. The topological polar surface area (TPSA) is 52.6 Å². The van der Waals surface area contributed by atoms with Crippen LogP contribution in [-0.2, 0) is 19.1 Å². The molecule has 4 nitrogen and oxygen atoms in total. The molecule has 0 aromatic carbocycles. The van der Waals surface area contributed by atoms with Crippen molar-refractivity contribution in [3.8, 4) is 0 Å². The first kappa shape index (κ1) is 9.68. The Hall–Kier alpha value is -1.32. The second-order valence-electron chi connectivity index (χ2n) is 1.79. The summed E-state index contributed by atoms with van der Waals surface area (Å²) in [5.74, 6) is -0.572. The standard InChI is InChI=1S/C7H10O4/c1-3-4-10-7(9)6(2)11-5-8/h3,5-6H,1,4H2,2H3. The Morgan fingerprint density at radius 1 is 1.73 bits per heavy atom. The summed E-state index contributed by atoms with van der Waals surface area (Å²) in [4.78, 5) is 20.5. The molecule has 0 aromatic rings. The molecule has 0 heterocycles. The van der Waals surface area contributed by atoms with Crippen molar-refractivity contribution < 1.29 is 19.1 Å². The van der Waals surface area contributed by atoms with E-state index >= 15 is 0 Å². The lowest BCUT2D eigenvalue weighted by Gasteiger charge is -2.06. The average Bonchev–Trinajstić information content (AvgIpc) is 2.00. The molecule has 62 valence electrons. The van der Waals surface area contributed by atoms with Crippen molar-refractivity contribution in [1.82, 2.24) is 0 Å². The summed E-state index contributed by atoms with van der Waals surface area (Å²) in [5.41, 5.74) is 0. The number of carbonyl (C=O) groups excluding carboxylic acids is 2. The minimum absolute atomic E-state index is 0.130. The molecule has 0 fully saturated rings. The third-order valence-corrected chi connectivity index (χ3v) is 0.935. The van der Waals surface area contributed by atoms with Gasteiger partial charge in [-0.2, -0.15) is 0 Å². The van der Waals surface area contributed by atoms with Gasteiger partial charge in [-0.3, -0.25) is 4.79 Å². The van der Waals surface area contributed by atoms with Gasteiger partial charge in [0.1, 0.15) is 6.61 Å². The van der Waals surface area contributed by atoms with E-state index in [2.05, 4.69) is 16.1 Å². The van der Waals surface area contributed by atoms with Crippen LogP contribution in [0.25, 0.3) is 0 Å². The van der Waals surface area contributed by atoms with Gasteiger partial charge in [0, 0.05) is 0 Å². The number of ether oxygens (including phenoxy) is 2. The zero-order valence-electron chi connectivity index (χ0n) is 6.28. The van der Waals surface area contributed by atoms with Crippen LogP contribution in [0.3, 0.4) is 0 Å². The third kappa shape index (κ3) is 4.13. The van der Waals surface area contributed by atoms with E-state index in [1.54, 1.807) is 0 Å². The second-order valence-corrected chi connectivity index (χ2v) is 1.79. The molecular formula is C7H10O4. The molecule has 11 heavy (non-hydrogen) atoms. The highest BCUT2D eigenvalue weighted by Crippen LogP contribution is 1.91.